The van der Waals surface area contributed by atoms with Gasteiger partial charge in [-0.25, -0.2) is 14.6 Å². The molecule has 0 spiro atoms. The van der Waals surface area contributed by atoms with Crippen LogP contribution in [0.3, 0.4) is 0 Å². The zero-order chi connectivity index (χ0) is 24.0. The summed E-state index contributed by atoms with van der Waals surface area (Å²) in [4.78, 5) is 12.3. The average Bonchev–Trinajstić information content (AvgIpc) is 3.42. The average molecular weight is 500 g/mol. The molecule has 1 fully saturated rings. The van der Waals surface area contributed by atoms with Crippen LogP contribution in [0.1, 0.15) is 62.5 Å². The Morgan fingerprint density at radius 2 is 2.09 bits per heavy atom. The summed E-state index contributed by atoms with van der Waals surface area (Å²) in [5, 5.41) is 15.8. The minimum Gasteiger partial charge on any atom is -0.395 e. The zero-order valence-electron chi connectivity index (χ0n) is 19.9. The van der Waals surface area contributed by atoms with Crippen LogP contribution in [-0.2, 0) is 0 Å². The minimum absolute atomic E-state index is 0.111. The Morgan fingerprint density at radius 3 is 2.82 bits per heavy atom. The molecule has 0 unspecified atom stereocenters. The first-order chi connectivity index (χ1) is 16.4. The van der Waals surface area contributed by atoms with E-state index in [1.807, 2.05) is 29.9 Å². The number of aliphatic hydroxyl groups is 1. The second-order valence-corrected chi connectivity index (χ2v) is 10.6. The van der Waals surface area contributed by atoms with Crippen LogP contribution in [0.2, 0.25) is 10.0 Å². The van der Waals surface area contributed by atoms with Gasteiger partial charge in [-0.3, -0.25) is 4.90 Å². The predicted octanol–water partition coefficient (Wildman–Crippen LogP) is 5.69. The first kappa shape index (κ1) is 23.7. The Bertz CT molecular complexity index is 1240. The topological polar surface area (TPSA) is 67.1 Å². The van der Waals surface area contributed by atoms with E-state index in [2.05, 4.69) is 24.8 Å². The zero-order valence-corrected chi connectivity index (χ0v) is 21.4. The van der Waals surface area contributed by atoms with Crippen LogP contribution in [0.4, 0.5) is 0 Å². The highest BCUT2D eigenvalue weighted by atomic mass is 35.5. The van der Waals surface area contributed by atoms with Gasteiger partial charge in [-0.15, -0.1) is 0 Å². The largest absolute Gasteiger partial charge is 0.395 e. The maximum Gasteiger partial charge on any atom is 0.178 e. The number of aliphatic hydroxyl groups excluding tert-OH is 1. The minimum atomic E-state index is -0.111. The molecule has 8 heteroatoms. The van der Waals surface area contributed by atoms with E-state index in [0.29, 0.717) is 28.0 Å². The molecule has 5 rings (SSSR count). The Labute approximate surface area is 210 Å². The molecule has 1 N–H and O–H groups in total. The molecule has 4 atom stereocenters. The molecule has 1 aliphatic heterocycles. The maximum atomic E-state index is 9.77. The van der Waals surface area contributed by atoms with Crippen LogP contribution in [0.25, 0.3) is 16.7 Å². The van der Waals surface area contributed by atoms with Crippen molar-refractivity contribution in [3.05, 3.63) is 57.5 Å². The van der Waals surface area contributed by atoms with Gasteiger partial charge in [0.2, 0.25) is 0 Å². The molecule has 2 aliphatic rings. The van der Waals surface area contributed by atoms with Crippen LogP contribution in [0.5, 0.6) is 0 Å². The van der Waals surface area contributed by atoms with Gasteiger partial charge < -0.3 is 5.11 Å². The summed E-state index contributed by atoms with van der Waals surface area (Å²) in [5.74, 6) is 0.489. The summed E-state index contributed by atoms with van der Waals surface area (Å²) >= 11 is 12.6. The number of fused-ring (bicyclic) bond motifs is 1. The van der Waals surface area contributed by atoms with Crippen LogP contribution >= 0.6 is 23.2 Å². The number of aromatic nitrogens is 4. The van der Waals surface area contributed by atoms with Crippen LogP contribution in [0, 0.1) is 12.8 Å². The van der Waals surface area contributed by atoms with E-state index in [1.54, 1.807) is 6.07 Å². The molecule has 180 valence electrons. The van der Waals surface area contributed by atoms with Crippen molar-refractivity contribution in [1.82, 2.24) is 24.6 Å². The van der Waals surface area contributed by atoms with Crippen LogP contribution in [0.15, 0.2) is 30.5 Å². The molecule has 3 aromatic rings. The SMILES string of the molecule is Cc1nn([C@H](C)c2ccc(Cl)cc2Cl)c2nc(C3=CC[C@@H](N4CCC[C@H]4CO)[C@@H](C)C3)cnc12. The molecule has 34 heavy (non-hydrogen) atoms. The van der Waals surface area contributed by atoms with Crippen molar-refractivity contribution in [3.63, 3.8) is 0 Å². The smallest absolute Gasteiger partial charge is 0.178 e. The lowest BCUT2D eigenvalue weighted by Gasteiger charge is -2.38. The third-order valence-electron chi connectivity index (χ3n) is 7.54. The first-order valence-electron chi connectivity index (χ1n) is 12.1. The Hall–Kier alpha value is -1.99. The number of nitrogens with zero attached hydrogens (tertiary/aromatic N) is 5. The number of allylic oxidation sites excluding steroid dienone is 1. The fourth-order valence-electron chi connectivity index (χ4n) is 5.67. The summed E-state index contributed by atoms with van der Waals surface area (Å²) in [5.41, 5.74) is 5.52. The number of likely N-dealkylation sites (tertiary alicyclic amines) is 1. The lowest BCUT2D eigenvalue weighted by molar-refractivity contribution is 0.0910. The van der Waals surface area contributed by atoms with Crippen LogP contribution < -0.4 is 0 Å². The molecule has 1 aromatic carbocycles. The summed E-state index contributed by atoms with van der Waals surface area (Å²) in [7, 11) is 0. The number of rotatable bonds is 5. The van der Waals surface area contributed by atoms with Gasteiger partial charge in [0.15, 0.2) is 5.65 Å². The molecule has 6 nitrogen and oxygen atoms in total. The van der Waals surface area contributed by atoms with E-state index >= 15 is 0 Å². The van der Waals surface area contributed by atoms with Gasteiger partial charge in [-0.05, 0) is 75.3 Å². The third-order valence-corrected chi connectivity index (χ3v) is 8.11. The maximum absolute atomic E-state index is 9.77. The molecule has 1 aliphatic carbocycles. The molecular weight excluding hydrogens is 469 g/mol. The highest BCUT2D eigenvalue weighted by molar-refractivity contribution is 6.35. The van der Waals surface area contributed by atoms with E-state index in [9.17, 15) is 5.11 Å². The fourth-order valence-corrected chi connectivity index (χ4v) is 6.24. The van der Waals surface area contributed by atoms with Crippen molar-refractivity contribution in [2.75, 3.05) is 13.2 Å². The number of benzene rings is 1. The van der Waals surface area contributed by atoms with Crippen molar-refractivity contribution in [2.24, 2.45) is 5.92 Å². The van der Waals surface area contributed by atoms with Gasteiger partial charge in [-0.1, -0.05) is 42.3 Å². The fraction of sp³-hybridized carbons (Fsp3) is 0.500. The highest BCUT2D eigenvalue weighted by Crippen LogP contribution is 2.36. The van der Waals surface area contributed by atoms with Gasteiger partial charge >= 0.3 is 0 Å². The van der Waals surface area contributed by atoms with Crippen molar-refractivity contribution in [2.45, 2.75) is 64.6 Å². The predicted molar refractivity (Wildman–Crippen MR) is 137 cm³/mol. The van der Waals surface area contributed by atoms with Gasteiger partial charge in [-0.2, -0.15) is 5.10 Å². The Balaban J connectivity index is 1.46. The van der Waals surface area contributed by atoms with E-state index in [1.165, 1.54) is 12.0 Å². The van der Waals surface area contributed by atoms with Gasteiger partial charge in [0.05, 0.1) is 30.2 Å². The lowest BCUT2D eigenvalue weighted by Crippen LogP contribution is -2.45. The Morgan fingerprint density at radius 1 is 1.26 bits per heavy atom. The van der Waals surface area contributed by atoms with Gasteiger partial charge in [0, 0.05) is 22.1 Å². The van der Waals surface area contributed by atoms with Crippen molar-refractivity contribution >= 4 is 39.9 Å². The summed E-state index contributed by atoms with van der Waals surface area (Å²) < 4.78 is 1.92. The second kappa shape index (κ2) is 9.57. The van der Waals surface area contributed by atoms with Crippen molar-refractivity contribution in [3.8, 4) is 0 Å². The summed E-state index contributed by atoms with van der Waals surface area (Å²) in [6, 6.07) is 6.22. The van der Waals surface area contributed by atoms with Crippen molar-refractivity contribution < 1.29 is 5.11 Å². The normalized spacial score (nSPS) is 24.5. The van der Waals surface area contributed by atoms with E-state index in [4.69, 9.17) is 38.3 Å². The number of aryl methyl sites for hydroxylation is 1. The quantitative estimate of drug-likeness (QED) is 0.488. The molecule has 1 saturated heterocycles. The standard InChI is InChI=1S/C26H31Cl2N5O/c1-15-11-18(6-9-24(15)32-10-4-5-20(32)14-34)23-13-29-25-16(2)31-33(26(25)30-23)17(3)21-8-7-19(27)12-22(21)28/h6-8,12-13,15,17,20,24,34H,4-5,9-11,14H2,1-3H3/t15-,17+,20-,24+/m0/s1. The highest BCUT2D eigenvalue weighted by Gasteiger charge is 2.35. The second-order valence-electron chi connectivity index (χ2n) is 9.73. The molecule has 2 aromatic heterocycles. The molecule has 0 bridgehead atoms. The van der Waals surface area contributed by atoms with Gasteiger partial charge in [0.1, 0.15) is 5.52 Å². The molecule has 0 radical (unpaired) electrons. The molecule has 0 saturated carbocycles. The summed E-state index contributed by atoms with van der Waals surface area (Å²) in [6.07, 6.45) is 8.39. The first-order valence-corrected chi connectivity index (χ1v) is 12.9. The van der Waals surface area contributed by atoms with Crippen LogP contribution in [-0.4, -0.2) is 55.0 Å². The Kier molecular flexibility index (Phi) is 6.68. The van der Waals surface area contributed by atoms with E-state index in [0.717, 1.165) is 53.9 Å². The lowest BCUT2D eigenvalue weighted by atomic mass is 9.83. The molecular formula is C26H31Cl2N5O. The van der Waals surface area contributed by atoms with E-state index < -0.39 is 0 Å². The third kappa shape index (κ3) is 4.26. The monoisotopic (exact) mass is 499 g/mol. The summed E-state index contributed by atoms with van der Waals surface area (Å²) in [6.45, 7) is 7.67. The molecule has 0 amide bonds. The van der Waals surface area contributed by atoms with Gasteiger partial charge in [0.25, 0.3) is 0 Å². The number of halogens is 2. The molecule has 3 heterocycles. The van der Waals surface area contributed by atoms with E-state index in [-0.39, 0.29) is 12.6 Å². The number of hydrogen-bond donors (Lipinski definition) is 1. The van der Waals surface area contributed by atoms with Crippen molar-refractivity contribution in [1.29, 1.82) is 0 Å². The number of hydrogen-bond acceptors (Lipinski definition) is 5.